The Balaban J connectivity index is 2.00. The van der Waals surface area contributed by atoms with Crippen molar-refractivity contribution in [1.82, 2.24) is 29.4 Å². The molecule has 0 aliphatic carbocycles. The van der Waals surface area contributed by atoms with E-state index in [0.717, 1.165) is 34.6 Å². The fourth-order valence-corrected chi connectivity index (χ4v) is 2.83. The molecular formula is C16H16N6. The van der Waals surface area contributed by atoms with Gasteiger partial charge in [0.2, 0.25) is 0 Å². The molecule has 6 heteroatoms. The summed E-state index contributed by atoms with van der Waals surface area (Å²) in [6.07, 6.45) is 4.41. The molecular weight excluding hydrogens is 276 g/mol. The van der Waals surface area contributed by atoms with E-state index in [-0.39, 0.29) is 0 Å². The molecule has 0 amide bonds. The molecule has 0 saturated heterocycles. The zero-order valence-corrected chi connectivity index (χ0v) is 12.8. The zero-order chi connectivity index (χ0) is 15.3. The number of fused-ring (bicyclic) bond motifs is 3. The molecule has 0 saturated carbocycles. The maximum absolute atomic E-state index is 4.57. The minimum absolute atomic E-state index is 0.800. The van der Waals surface area contributed by atoms with Crippen LogP contribution in [0.15, 0.2) is 30.7 Å². The number of hydrogen-bond donors (Lipinski definition) is 0. The normalized spacial score (nSPS) is 11.6. The topological polar surface area (TPSA) is 60.9 Å². The largest absolute Gasteiger partial charge is 0.269 e. The van der Waals surface area contributed by atoms with Crippen LogP contribution in [0.1, 0.15) is 23.9 Å². The first-order valence-electron chi connectivity index (χ1n) is 7.33. The summed E-state index contributed by atoms with van der Waals surface area (Å²) in [4.78, 5) is 4.57. The Morgan fingerprint density at radius 3 is 2.73 bits per heavy atom. The molecule has 0 spiro atoms. The summed E-state index contributed by atoms with van der Waals surface area (Å²) in [5.41, 5.74) is 5.04. The van der Waals surface area contributed by atoms with E-state index in [2.05, 4.69) is 59.3 Å². The number of nitrogens with zero attached hydrogens (tertiary/aromatic N) is 6. The molecule has 0 atom stereocenters. The van der Waals surface area contributed by atoms with Gasteiger partial charge in [0.1, 0.15) is 12.2 Å². The molecule has 0 aliphatic heterocycles. The molecule has 22 heavy (non-hydrogen) atoms. The first-order chi connectivity index (χ1) is 10.7. The van der Waals surface area contributed by atoms with Gasteiger partial charge in [0.15, 0.2) is 11.3 Å². The van der Waals surface area contributed by atoms with Gasteiger partial charge in [-0.1, -0.05) is 24.6 Å². The Morgan fingerprint density at radius 2 is 1.95 bits per heavy atom. The van der Waals surface area contributed by atoms with Gasteiger partial charge in [0.25, 0.3) is 0 Å². The van der Waals surface area contributed by atoms with Crippen LogP contribution in [0.5, 0.6) is 0 Å². The lowest BCUT2D eigenvalue weighted by Gasteiger charge is -2.07. The van der Waals surface area contributed by atoms with Crippen LogP contribution in [0.4, 0.5) is 0 Å². The summed E-state index contributed by atoms with van der Waals surface area (Å²) in [6.45, 7) is 6.22. The Labute approximate surface area is 127 Å². The number of aryl methyl sites for hydroxylation is 3. The van der Waals surface area contributed by atoms with Crippen LogP contribution >= 0.6 is 0 Å². The van der Waals surface area contributed by atoms with Crippen molar-refractivity contribution in [2.45, 2.75) is 27.2 Å². The molecule has 4 rings (SSSR count). The fraction of sp³-hybridized carbons (Fsp3) is 0.250. The smallest absolute Gasteiger partial charge is 0.174 e. The lowest BCUT2D eigenvalue weighted by Crippen LogP contribution is -2.01. The number of benzene rings is 1. The van der Waals surface area contributed by atoms with E-state index in [1.54, 1.807) is 6.33 Å². The van der Waals surface area contributed by atoms with Crippen LogP contribution in [-0.4, -0.2) is 29.4 Å². The molecule has 0 radical (unpaired) electrons. The summed E-state index contributed by atoms with van der Waals surface area (Å²) < 4.78 is 3.79. The van der Waals surface area contributed by atoms with Gasteiger partial charge < -0.3 is 0 Å². The van der Waals surface area contributed by atoms with E-state index < -0.39 is 0 Å². The number of hydrogen-bond acceptors (Lipinski definition) is 4. The SMILES string of the molecule is CCc1nnc2c3cnn(-c4ccc(C)cc4C)c3ncn12. The van der Waals surface area contributed by atoms with Gasteiger partial charge in [-0.25, -0.2) is 9.67 Å². The van der Waals surface area contributed by atoms with Crippen LogP contribution in [-0.2, 0) is 6.42 Å². The van der Waals surface area contributed by atoms with E-state index in [1.165, 1.54) is 11.1 Å². The van der Waals surface area contributed by atoms with Crippen molar-refractivity contribution in [2.24, 2.45) is 0 Å². The maximum atomic E-state index is 4.57. The summed E-state index contributed by atoms with van der Waals surface area (Å²) in [5.74, 6) is 0.906. The maximum Gasteiger partial charge on any atom is 0.174 e. The Kier molecular flexibility index (Phi) is 2.72. The predicted molar refractivity (Wildman–Crippen MR) is 84.3 cm³/mol. The zero-order valence-electron chi connectivity index (χ0n) is 12.8. The van der Waals surface area contributed by atoms with E-state index in [0.29, 0.717) is 0 Å². The van der Waals surface area contributed by atoms with Gasteiger partial charge >= 0.3 is 0 Å². The minimum Gasteiger partial charge on any atom is -0.269 e. The van der Waals surface area contributed by atoms with Gasteiger partial charge in [-0.15, -0.1) is 10.2 Å². The highest BCUT2D eigenvalue weighted by Crippen LogP contribution is 2.22. The second-order valence-corrected chi connectivity index (χ2v) is 5.49. The van der Waals surface area contributed by atoms with E-state index in [9.17, 15) is 0 Å². The molecule has 0 bridgehead atoms. The predicted octanol–water partition coefficient (Wildman–Crippen LogP) is 2.64. The van der Waals surface area contributed by atoms with Gasteiger partial charge in [-0.3, -0.25) is 4.40 Å². The second-order valence-electron chi connectivity index (χ2n) is 5.49. The summed E-state index contributed by atoms with van der Waals surface area (Å²) in [7, 11) is 0. The van der Waals surface area contributed by atoms with Crippen LogP contribution in [0.25, 0.3) is 22.4 Å². The number of aromatic nitrogens is 6. The standard InChI is InChI=1S/C16H16N6/c1-4-14-19-20-16-12-8-18-22(15(12)17-9-21(14)16)13-6-5-10(2)7-11(13)3/h5-9H,4H2,1-3H3. The molecule has 0 fully saturated rings. The first-order valence-corrected chi connectivity index (χ1v) is 7.33. The van der Waals surface area contributed by atoms with Gasteiger partial charge in [-0.05, 0) is 25.5 Å². The van der Waals surface area contributed by atoms with Crippen LogP contribution in [0.3, 0.4) is 0 Å². The Hall–Kier alpha value is -2.76. The van der Waals surface area contributed by atoms with Crippen molar-refractivity contribution in [3.8, 4) is 5.69 Å². The van der Waals surface area contributed by atoms with Crippen molar-refractivity contribution in [2.75, 3.05) is 0 Å². The van der Waals surface area contributed by atoms with Crippen molar-refractivity contribution >= 4 is 16.7 Å². The molecule has 4 aromatic rings. The third-order valence-electron chi connectivity index (χ3n) is 3.94. The molecule has 0 N–H and O–H groups in total. The van der Waals surface area contributed by atoms with E-state index in [4.69, 9.17) is 0 Å². The van der Waals surface area contributed by atoms with Gasteiger partial charge in [0, 0.05) is 6.42 Å². The third kappa shape index (κ3) is 1.73. The Bertz CT molecular complexity index is 995. The highest BCUT2D eigenvalue weighted by molar-refractivity contribution is 5.89. The molecule has 0 unspecified atom stereocenters. The average molecular weight is 292 g/mol. The second kappa shape index (κ2) is 4.62. The summed E-state index contributed by atoms with van der Waals surface area (Å²) >= 11 is 0. The van der Waals surface area contributed by atoms with E-state index in [1.807, 2.05) is 15.3 Å². The quantitative estimate of drug-likeness (QED) is 0.570. The van der Waals surface area contributed by atoms with Gasteiger partial charge in [-0.2, -0.15) is 5.10 Å². The first kappa shape index (κ1) is 12.9. The van der Waals surface area contributed by atoms with Crippen LogP contribution < -0.4 is 0 Å². The highest BCUT2D eigenvalue weighted by Gasteiger charge is 2.14. The summed E-state index contributed by atoms with van der Waals surface area (Å²) in [5, 5.41) is 13.9. The fourth-order valence-electron chi connectivity index (χ4n) is 2.83. The molecule has 6 nitrogen and oxygen atoms in total. The molecule has 3 aromatic heterocycles. The molecule has 0 aliphatic rings. The average Bonchev–Trinajstić information content (AvgIpc) is 3.10. The third-order valence-corrected chi connectivity index (χ3v) is 3.94. The minimum atomic E-state index is 0.800. The Morgan fingerprint density at radius 1 is 1.09 bits per heavy atom. The molecule has 3 heterocycles. The molecule has 1 aromatic carbocycles. The lowest BCUT2D eigenvalue weighted by atomic mass is 10.1. The van der Waals surface area contributed by atoms with Crippen molar-refractivity contribution in [3.05, 3.63) is 47.7 Å². The van der Waals surface area contributed by atoms with Crippen molar-refractivity contribution < 1.29 is 0 Å². The number of rotatable bonds is 2. The molecule has 110 valence electrons. The van der Waals surface area contributed by atoms with Crippen molar-refractivity contribution in [3.63, 3.8) is 0 Å². The van der Waals surface area contributed by atoms with Gasteiger partial charge in [0.05, 0.1) is 17.3 Å². The highest BCUT2D eigenvalue weighted by atomic mass is 15.3. The van der Waals surface area contributed by atoms with E-state index >= 15 is 0 Å². The van der Waals surface area contributed by atoms with Crippen LogP contribution in [0, 0.1) is 13.8 Å². The summed E-state index contributed by atoms with van der Waals surface area (Å²) in [6, 6.07) is 6.30. The van der Waals surface area contributed by atoms with Crippen molar-refractivity contribution in [1.29, 1.82) is 0 Å². The van der Waals surface area contributed by atoms with Crippen LogP contribution in [0.2, 0.25) is 0 Å². The monoisotopic (exact) mass is 292 g/mol. The lowest BCUT2D eigenvalue weighted by molar-refractivity contribution is 0.874.